The molecule has 0 unspecified atom stereocenters. The highest BCUT2D eigenvalue weighted by Crippen LogP contribution is 2.14. The number of nitrogens with zero attached hydrogens (tertiary/aromatic N) is 1. The van der Waals surface area contributed by atoms with Gasteiger partial charge < -0.3 is 9.52 Å². The van der Waals surface area contributed by atoms with E-state index >= 15 is 0 Å². The number of rotatable bonds is 3. The molecule has 0 radical (unpaired) electrons. The van der Waals surface area contributed by atoms with Crippen LogP contribution in [0.2, 0.25) is 0 Å². The van der Waals surface area contributed by atoms with Crippen LogP contribution in [0.25, 0.3) is 0 Å². The predicted octanol–water partition coefficient (Wildman–Crippen LogP) is 1.81. The van der Waals surface area contributed by atoms with Crippen molar-refractivity contribution in [3.05, 3.63) is 17.9 Å². The van der Waals surface area contributed by atoms with Crippen LogP contribution in [0, 0.1) is 0 Å². The molecule has 0 fully saturated rings. The van der Waals surface area contributed by atoms with E-state index in [1.54, 1.807) is 12.3 Å². The van der Waals surface area contributed by atoms with E-state index in [2.05, 4.69) is 9.41 Å². The second kappa shape index (κ2) is 3.81. The lowest BCUT2D eigenvalue weighted by atomic mass is 10.3. The van der Waals surface area contributed by atoms with E-state index < -0.39 is 0 Å². The Morgan fingerprint density at radius 2 is 2.55 bits per heavy atom. The van der Waals surface area contributed by atoms with Crippen molar-refractivity contribution < 1.29 is 9.52 Å². The topological polar surface area (TPSA) is 45.7 Å². The Kier molecular flexibility index (Phi) is 2.72. The number of aromatic hydroxyl groups is 1. The first-order valence-electron chi connectivity index (χ1n) is 3.61. The summed E-state index contributed by atoms with van der Waals surface area (Å²) < 4.78 is 4.66. The standard InChI is InChI=1S/C8H11NO2/c1-2-4-9-6-7-3-5-11-8(7)10/h3,5-6,10H,2,4H2,1H3. The number of hydrogen-bond acceptors (Lipinski definition) is 3. The predicted molar refractivity (Wildman–Crippen MR) is 43.1 cm³/mol. The fourth-order valence-corrected chi connectivity index (χ4v) is 0.701. The minimum atomic E-state index is -0.0650. The highest BCUT2D eigenvalue weighted by Gasteiger charge is 1.98. The Morgan fingerprint density at radius 3 is 3.09 bits per heavy atom. The fourth-order valence-electron chi connectivity index (χ4n) is 0.701. The van der Waals surface area contributed by atoms with E-state index in [0.717, 1.165) is 13.0 Å². The molecule has 0 aliphatic rings. The van der Waals surface area contributed by atoms with Gasteiger partial charge in [-0.25, -0.2) is 0 Å². The van der Waals surface area contributed by atoms with Crippen LogP contribution in [0.1, 0.15) is 18.9 Å². The lowest BCUT2D eigenvalue weighted by Crippen LogP contribution is -1.79. The largest absolute Gasteiger partial charge is 0.480 e. The molecule has 0 bridgehead atoms. The molecule has 0 aliphatic heterocycles. The Morgan fingerprint density at radius 1 is 1.73 bits per heavy atom. The molecule has 0 saturated carbocycles. The summed E-state index contributed by atoms with van der Waals surface area (Å²) in [5.41, 5.74) is 0.637. The van der Waals surface area contributed by atoms with E-state index in [1.807, 2.05) is 6.92 Å². The molecule has 60 valence electrons. The normalized spacial score (nSPS) is 11.0. The molecule has 0 amide bonds. The van der Waals surface area contributed by atoms with Crippen molar-refractivity contribution in [2.24, 2.45) is 4.99 Å². The zero-order valence-corrected chi connectivity index (χ0v) is 6.45. The molecular formula is C8H11NO2. The van der Waals surface area contributed by atoms with Crippen LogP contribution in [0.3, 0.4) is 0 Å². The quantitative estimate of drug-likeness (QED) is 0.673. The molecule has 0 saturated heterocycles. The van der Waals surface area contributed by atoms with Crippen molar-refractivity contribution in [3.8, 4) is 5.95 Å². The first kappa shape index (κ1) is 7.85. The number of furan rings is 1. The van der Waals surface area contributed by atoms with E-state index in [9.17, 15) is 0 Å². The maximum atomic E-state index is 8.99. The molecule has 3 heteroatoms. The van der Waals surface area contributed by atoms with Crippen molar-refractivity contribution >= 4 is 6.21 Å². The Bertz CT molecular complexity index is 240. The van der Waals surface area contributed by atoms with Crippen molar-refractivity contribution in [3.63, 3.8) is 0 Å². The molecule has 1 rings (SSSR count). The smallest absolute Gasteiger partial charge is 0.290 e. The summed E-state index contributed by atoms with van der Waals surface area (Å²) in [7, 11) is 0. The molecule has 1 heterocycles. The molecular weight excluding hydrogens is 142 g/mol. The SMILES string of the molecule is CCCN=Cc1ccoc1O. The zero-order chi connectivity index (χ0) is 8.10. The van der Waals surface area contributed by atoms with Crippen LogP contribution in [0.15, 0.2) is 21.7 Å². The summed E-state index contributed by atoms with van der Waals surface area (Å²) in [6.45, 7) is 2.83. The highest BCUT2D eigenvalue weighted by atomic mass is 16.5. The molecule has 1 N–H and O–H groups in total. The van der Waals surface area contributed by atoms with Gasteiger partial charge in [-0.05, 0) is 12.5 Å². The Balaban J connectivity index is 2.56. The van der Waals surface area contributed by atoms with E-state index in [0.29, 0.717) is 5.56 Å². The number of hydrogen-bond donors (Lipinski definition) is 1. The van der Waals surface area contributed by atoms with E-state index in [4.69, 9.17) is 5.11 Å². The lowest BCUT2D eigenvalue weighted by molar-refractivity contribution is 0.332. The van der Waals surface area contributed by atoms with Crippen molar-refractivity contribution in [1.29, 1.82) is 0 Å². The summed E-state index contributed by atoms with van der Waals surface area (Å²) in [6, 6.07) is 1.68. The lowest BCUT2D eigenvalue weighted by Gasteiger charge is -1.86. The van der Waals surface area contributed by atoms with Crippen LogP contribution in [-0.4, -0.2) is 17.9 Å². The van der Waals surface area contributed by atoms with E-state index in [-0.39, 0.29) is 5.95 Å². The molecule has 1 aromatic rings. The highest BCUT2D eigenvalue weighted by molar-refractivity contribution is 5.81. The van der Waals surface area contributed by atoms with Crippen molar-refractivity contribution in [2.45, 2.75) is 13.3 Å². The second-order valence-electron chi connectivity index (χ2n) is 2.22. The second-order valence-corrected chi connectivity index (χ2v) is 2.22. The van der Waals surface area contributed by atoms with Crippen molar-refractivity contribution in [2.75, 3.05) is 6.54 Å². The average molecular weight is 153 g/mol. The number of aliphatic imine (C=N–C) groups is 1. The van der Waals surface area contributed by atoms with Crippen LogP contribution in [0.4, 0.5) is 0 Å². The maximum Gasteiger partial charge on any atom is 0.290 e. The third-order valence-electron chi connectivity index (χ3n) is 1.26. The molecule has 11 heavy (non-hydrogen) atoms. The molecule has 0 aromatic carbocycles. The molecule has 0 spiro atoms. The van der Waals surface area contributed by atoms with Gasteiger partial charge in [0.2, 0.25) is 0 Å². The van der Waals surface area contributed by atoms with Gasteiger partial charge in [-0.3, -0.25) is 4.99 Å². The zero-order valence-electron chi connectivity index (χ0n) is 6.45. The summed E-state index contributed by atoms with van der Waals surface area (Å²) in [6.07, 6.45) is 4.06. The van der Waals surface area contributed by atoms with Gasteiger partial charge in [0.05, 0.1) is 11.8 Å². The van der Waals surface area contributed by atoms with Gasteiger partial charge in [0, 0.05) is 12.8 Å². The van der Waals surface area contributed by atoms with Crippen LogP contribution < -0.4 is 0 Å². The molecule has 3 nitrogen and oxygen atoms in total. The summed E-state index contributed by atoms with van der Waals surface area (Å²) in [5.74, 6) is -0.0650. The Hall–Kier alpha value is -1.25. The van der Waals surface area contributed by atoms with Gasteiger partial charge in [-0.1, -0.05) is 6.92 Å². The average Bonchev–Trinajstić information content (AvgIpc) is 2.37. The third kappa shape index (κ3) is 2.11. The van der Waals surface area contributed by atoms with Crippen molar-refractivity contribution in [1.82, 2.24) is 0 Å². The minimum Gasteiger partial charge on any atom is -0.480 e. The van der Waals surface area contributed by atoms with Gasteiger partial charge in [0.1, 0.15) is 0 Å². The van der Waals surface area contributed by atoms with Gasteiger partial charge in [0.25, 0.3) is 5.95 Å². The summed E-state index contributed by atoms with van der Waals surface area (Å²) >= 11 is 0. The first-order chi connectivity index (χ1) is 5.34. The van der Waals surface area contributed by atoms with Gasteiger partial charge >= 0.3 is 0 Å². The fraction of sp³-hybridized carbons (Fsp3) is 0.375. The van der Waals surface area contributed by atoms with Crippen LogP contribution in [-0.2, 0) is 0 Å². The first-order valence-corrected chi connectivity index (χ1v) is 3.61. The van der Waals surface area contributed by atoms with Gasteiger partial charge in [-0.2, -0.15) is 0 Å². The minimum absolute atomic E-state index is 0.0650. The van der Waals surface area contributed by atoms with Crippen LogP contribution in [0.5, 0.6) is 5.95 Å². The van der Waals surface area contributed by atoms with Gasteiger partial charge in [0.15, 0.2) is 0 Å². The Labute approximate surface area is 65.4 Å². The summed E-state index contributed by atoms with van der Waals surface area (Å²) in [4.78, 5) is 4.05. The van der Waals surface area contributed by atoms with E-state index in [1.165, 1.54) is 6.26 Å². The third-order valence-corrected chi connectivity index (χ3v) is 1.26. The molecule has 0 aliphatic carbocycles. The maximum absolute atomic E-state index is 8.99. The molecule has 0 atom stereocenters. The monoisotopic (exact) mass is 153 g/mol. The molecule has 1 aromatic heterocycles. The van der Waals surface area contributed by atoms with Crippen LogP contribution >= 0.6 is 0 Å². The van der Waals surface area contributed by atoms with Gasteiger partial charge in [-0.15, -0.1) is 0 Å². The summed E-state index contributed by atoms with van der Waals surface area (Å²) in [5, 5.41) is 8.99.